The van der Waals surface area contributed by atoms with Crippen molar-refractivity contribution in [1.29, 1.82) is 0 Å². The Morgan fingerprint density at radius 3 is 2.68 bits per heavy atom. The SMILES string of the molecule is C=Cc1ccnn1-c1ccc2c(c1)c1ccccc1n2CC. The maximum Gasteiger partial charge on any atom is 0.0662 e. The number of aryl methyl sites for hydroxylation is 1. The zero-order valence-electron chi connectivity index (χ0n) is 12.5. The third-order valence-corrected chi connectivity index (χ3v) is 4.20. The standard InChI is InChI=1S/C19H17N3/c1-3-14-11-12-20-22(14)15-9-10-19-17(13-15)16-7-5-6-8-18(16)21(19)4-2/h3,5-13H,1,4H2,2H3. The van der Waals surface area contributed by atoms with Crippen LogP contribution in [0.4, 0.5) is 0 Å². The molecule has 4 aromatic rings. The minimum atomic E-state index is 0.961. The van der Waals surface area contributed by atoms with Gasteiger partial charge in [0.05, 0.1) is 17.6 Å². The number of hydrogen-bond acceptors (Lipinski definition) is 1. The number of fused-ring (bicyclic) bond motifs is 3. The Balaban J connectivity index is 2.06. The lowest BCUT2D eigenvalue weighted by Crippen LogP contribution is -1.98. The number of hydrogen-bond donors (Lipinski definition) is 0. The molecule has 0 aliphatic rings. The van der Waals surface area contributed by atoms with Crippen LogP contribution in [-0.4, -0.2) is 14.3 Å². The van der Waals surface area contributed by atoms with Crippen molar-refractivity contribution in [3.8, 4) is 5.69 Å². The number of benzene rings is 2. The molecule has 0 amide bonds. The third-order valence-electron chi connectivity index (χ3n) is 4.20. The zero-order valence-corrected chi connectivity index (χ0v) is 12.5. The van der Waals surface area contributed by atoms with Gasteiger partial charge >= 0.3 is 0 Å². The second kappa shape index (κ2) is 4.88. The van der Waals surface area contributed by atoms with Crippen molar-refractivity contribution in [2.45, 2.75) is 13.5 Å². The average molecular weight is 287 g/mol. The largest absolute Gasteiger partial charge is 0.341 e. The summed E-state index contributed by atoms with van der Waals surface area (Å²) in [6.45, 7) is 7.00. The lowest BCUT2D eigenvalue weighted by atomic mass is 10.1. The van der Waals surface area contributed by atoms with E-state index in [2.05, 4.69) is 65.6 Å². The molecule has 0 saturated heterocycles. The first kappa shape index (κ1) is 12.9. The van der Waals surface area contributed by atoms with Crippen LogP contribution in [0, 0.1) is 0 Å². The van der Waals surface area contributed by atoms with E-state index >= 15 is 0 Å². The highest BCUT2D eigenvalue weighted by Crippen LogP contribution is 2.30. The fourth-order valence-corrected chi connectivity index (χ4v) is 3.20. The van der Waals surface area contributed by atoms with Gasteiger partial charge in [0.25, 0.3) is 0 Å². The molecule has 0 unspecified atom stereocenters. The Labute approximate surface area is 129 Å². The predicted octanol–water partition coefficient (Wildman–Crippen LogP) is 4.64. The summed E-state index contributed by atoms with van der Waals surface area (Å²) in [6.07, 6.45) is 3.63. The molecule has 0 atom stereocenters. The third kappa shape index (κ3) is 1.72. The molecule has 0 fully saturated rings. The number of aromatic nitrogens is 3. The van der Waals surface area contributed by atoms with E-state index in [4.69, 9.17) is 0 Å². The van der Waals surface area contributed by atoms with Gasteiger partial charge in [-0.2, -0.15) is 5.10 Å². The van der Waals surface area contributed by atoms with Crippen molar-refractivity contribution < 1.29 is 0 Å². The Morgan fingerprint density at radius 2 is 1.86 bits per heavy atom. The van der Waals surface area contributed by atoms with Crippen LogP contribution in [0.25, 0.3) is 33.6 Å². The number of rotatable bonds is 3. The summed E-state index contributed by atoms with van der Waals surface area (Å²) in [7, 11) is 0. The highest BCUT2D eigenvalue weighted by Gasteiger charge is 2.11. The van der Waals surface area contributed by atoms with E-state index in [0.29, 0.717) is 0 Å². The molecule has 3 nitrogen and oxygen atoms in total. The van der Waals surface area contributed by atoms with Gasteiger partial charge in [-0.25, -0.2) is 4.68 Å². The van der Waals surface area contributed by atoms with Crippen LogP contribution >= 0.6 is 0 Å². The Morgan fingerprint density at radius 1 is 1.05 bits per heavy atom. The summed E-state index contributed by atoms with van der Waals surface area (Å²) in [6, 6.07) is 17.0. The van der Waals surface area contributed by atoms with Crippen molar-refractivity contribution >= 4 is 27.9 Å². The maximum atomic E-state index is 4.41. The average Bonchev–Trinajstić information content (AvgIpc) is 3.16. The predicted molar refractivity (Wildman–Crippen MR) is 92.3 cm³/mol. The Hall–Kier alpha value is -2.81. The van der Waals surface area contributed by atoms with Gasteiger partial charge in [0.2, 0.25) is 0 Å². The number of para-hydroxylation sites is 1. The minimum Gasteiger partial charge on any atom is -0.341 e. The zero-order chi connectivity index (χ0) is 15.1. The fourth-order valence-electron chi connectivity index (χ4n) is 3.20. The molecule has 2 aromatic heterocycles. The fraction of sp³-hybridized carbons (Fsp3) is 0.105. The van der Waals surface area contributed by atoms with E-state index in [1.165, 1.54) is 21.8 Å². The topological polar surface area (TPSA) is 22.8 Å². The molecule has 22 heavy (non-hydrogen) atoms. The van der Waals surface area contributed by atoms with Gasteiger partial charge in [0.15, 0.2) is 0 Å². The maximum absolute atomic E-state index is 4.41. The molecular weight excluding hydrogens is 270 g/mol. The molecule has 108 valence electrons. The van der Waals surface area contributed by atoms with Crippen molar-refractivity contribution in [3.05, 3.63) is 67.0 Å². The van der Waals surface area contributed by atoms with Gasteiger partial charge in [0, 0.05) is 28.4 Å². The van der Waals surface area contributed by atoms with E-state index in [1.807, 2.05) is 16.8 Å². The van der Waals surface area contributed by atoms with E-state index in [-0.39, 0.29) is 0 Å². The van der Waals surface area contributed by atoms with Gasteiger partial charge in [-0.1, -0.05) is 24.8 Å². The van der Waals surface area contributed by atoms with Crippen LogP contribution in [0.5, 0.6) is 0 Å². The quantitative estimate of drug-likeness (QED) is 0.538. The second-order valence-electron chi connectivity index (χ2n) is 5.33. The van der Waals surface area contributed by atoms with E-state index in [9.17, 15) is 0 Å². The van der Waals surface area contributed by atoms with Crippen molar-refractivity contribution in [3.63, 3.8) is 0 Å². The summed E-state index contributed by atoms with van der Waals surface area (Å²) in [5.74, 6) is 0. The van der Waals surface area contributed by atoms with Crippen LogP contribution < -0.4 is 0 Å². The summed E-state index contributed by atoms with van der Waals surface area (Å²) in [5.41, 5.74) is 4.60. The first-order chi connectivity index (χ1) is 10.8. The van der Waals surface area contributed by atoms with Gasteiger partial charge in [-0.15, -0.1) is 0 Å². The van der Waals surface area contributed by atoms with Crippen LogP contribution in [0.15, 0.2) is 61.3 Å². The molecule has 0 aliphatic heterocycles. The Bertz CT molecular complexity index is 988. The molecule has 2 heterocycles. The summed E-state index contributed by atoms with van der Waals surface area (Å²) < 4.78 is 4.27. The summed E-state index contributed by atoms with van der Waals surface area (Å²) in [5, 5.41) is 6.96. The Kier molecular flexibility index (Phi) is 2.86. The van der Waals surface area contributed by atoms with E-state index < -0.39 is 0 Å². The minimum absolute atomic E-state index is 0.961. The summed E-state index contributed by atoms with van der Waals surface area (Å²) in [4.78, 5) is 0. The molecule has 2 aromatic carbocycles. The van der Waals surface area contributed by atoms with Crippen LogP contribution in [0.1, 0.15) is 12.6 Å². The van der Waals surface area contributed by atoms with Crippen LogP contribution in [0.3, 0.4) is 0 Å². The smallest absolute Gasteiger partial charge is 0.0662 e. The van der Waals surface area contributed by atoms with Crippen LogP contribution in [-0.2, 0) is 6.54 Å². The normalized spacial score (nSPS) is 11.3. The summed E-state index contributed by atoms with van der Waals surface area (Å²) >= 11 is 0. The monoisotopic (exact) mass is 287 g/mol. The molecule has 0 bridgehead atoms. The van der Waals surface area contributed by atoms with E-state index in [0.717, 1.165) is 17.9 Å². The highest BCUT2D eigenvalue weighted by molar-refractivity contribution is 6.08. The molecule has 4 rings (SSSR count). The van der Waals surface area contributed by atoms with Gasteiger partial charge in [0.1, 0.15) is 0 Å². The van der Waals surface area contributed by atoms with Crippen molar-refractivity contribution in [1.82, 2.24) is 14.3 Å². The molecular formula is C19H17N3. The van der Waals surface area contributed by atoms with Crippen LogP contribution in [0.2, 0.25) is 0 Å². The molecule has 0 aliphatic carbocycles. The lowest BCUT2D eigenvalue weighted by Gasteiger charge is -2.06. The second-order valence-corrected chi connectivity index (χ2v) is 5.33. The van der Waals surface area contributed by atoms with E-state index in [1.54, 1.807) is 6.20 Å². The lowest BCUT2D eigenvalue weighted by molar-refractivity contribution is 0.826. The number of nitrogens with zero attached hydrogens (tertiary/aromatic N) is 3. The molecule has 3 heteroatoms. The molecule has 0 saturated carbocycles. The molecule has 0 spiro atoms. The highest BCUT2D eigenvalue weighted by atomic mass is 15.3. The van der Waals surface area contributed by atoms with Gasteiger partial charge in [-0.05, 0) is 43.3 Å². The van der Waals surface area contributed by atoms with Crippen molar-refractivity contribution in [2.24, 2.45) is 0 Å². The van der Waals surface area contributed by atoms with Crippen molar-refractivity contribution in [2.75, 3.05) is 0 Å². The first-order valence-corrected chi connectivity index (χ1v) is 7.51. The van der Waals surface area contributed by atoms with Gasteiger partial charge in [-0.3, -0.25) is 0 Å². The molecule has 0 radical (unpaired) electrons. The molecule has 0 N–H and O–H groups in total. The van der Waals surface area contributed by atoms with Gasteiger partial charge < -0.3 is 4.57 Å². The first-order valence-electron chi connectivity index (χ1n) is 7.51.